The Balaban J connectivity index is 2.14. The van der Waals surface area contributed by atoms with Crippen LogP contribution < -0.4 is 0 Å². The molecule has 1 aromatic rings. The quantitative estimate of drug-likeness (QED) is 0.866. The number of carbonyl (C=O) groups excluding carboxylic acids is 1. The number of aromatic nitrogens is 1. The Labute approximate surface area is 109 Å². The number of nitrogens with one attached hydrogen (secondary N) is 1. The number of nitrogens with zero attached hydrogens (tertiary/aromatic N) is 1. The number of H-pyrrole nitrogens is 1. The van der Waals surface area contributed by atoms with E-state index in [4.69, 9.17) is 4.74 Å². The van der Waals surface area contributed by atoms with Crippen LogP contribution in [0.1, 0.15) is 31.3 Å². The summed E-state index contributed by atoms with van der Waals surface area (Å²) >= 11 is 3.33. The summed E-state index contributed by atoms with van der Waals surface area (Å²) in [5.74, 6) is 0.0268. The SMILES string of the molecule is C[C@@H]1CN(C(=O)c2cc(Br)c[nH]2)CC(C)(C)O1. The van der Waals surface area contributed by atoms with Gasteiger partial charge in [-0.05, 0) is 42.8 Å². The molecule has 1 saturated heterocycles. The number of halogens is 1. The fourth-order valence-electron chi connectivity index (χ4n) is 2.27. The summed E-state index contributed by atoms with van der Waals surface area (Å²) in [6, 6.07) is 1.80. The number of amides is 1. The molecule has 2 heterocycles. The second-order valence-corrected chi connectivity index (χ2v) is 6.02. The van der Waals surface area contributed by atoms with E-state index >= 15 is 0 Å². The Bertz CT molecular complexity index is 428. The van der Waals surface area contributed by atoms with Crippen LogP contribution >= 0.6 is 15.9 Å². The van der Waals surface area contributed by atoms with Crippen LogP contribution in [-0.4, -0.2) is 40.6 Å². The molecule has 0 spiro atoms. The molecule has 0 unspecified atom stereocenters. The molecule has 0 radical (unpaired) electrons. The van der Waals surface area contributed by atoms with Gasteiger partial charge in [-0.15, -0.1) is 0 Å². The third kappa shape index (κ3) is 2.90. The van der Waals surface area contributed by atoms with Crippen LogP contribution in [0.3, 0.4) is 0 Å². The van der Waals surface area contributed by atoms with E-state index in [0.29, 0.717) is 18.8 Å². The number of hydrogen-bond donors (Lipinski definition) is 1. The van der Waals surface area contributed by atoms with Crippen molar-refractivity contribution < 1.29 is 9.53 Å². The molecule has 94 valence electrons. The molecule has 1 aromatic heterocycles. The number of ether oxygens (including phenoxy) is 1. The molecule has 0 bridgehead atoms. The van der Waals surface area contributed by atoms with Crippen molar-refractivity contribution in [2.75, 3.05) is 13.1 Å². The summed E-state index contributed by atoms with van der Waals surface area (Å²) < 4.78 is 6.67. The topological polar surface area (TPSA) is 45.3 Å². The van der Waals surface area contributed by atoms with Gasteiger partial charge in [-0.25, -0.2) is 0 Å². The Hall–Kier alpha value is -0.810. The predicted octanol–water partition coefficient (Wildman–Crippen LogP) is 2.42. The average molecular weight is 301 g/mol. The van der Waals surface area contributed by atoms with Gasteiger partial charge < -0.3 is 14.6 Å². The molecule has 2 rings (SSSR count). The van der Waals surface area contributed by atoms with Crippen LogP contribution in [0.5, 0.6) is 0 Å². The first kappa shape index (κ1) is 12.6. The van der Waals surface area contributed by atoms with Crippen molar-refractivity contribution in [1.29, 1.82) is 0 Å². The highest BCUT2D eigenvalue weighted by Gasteiger charge is 2.34. The lowest BCUT2D eigenvalue weighted by molar-refractivity contribution is -0.118. The highest BCUT2D eigenvalue weighted by atomic mass is 79.9. The minimum absolute atomic E-state index is 0.0268. The first-order chi connectivity index (χ1) is 7.87. The lowest BCUT2D eigenvalue weighted by atomic mass is 10.1. The molecule has 0 aliphatic carbocycles. The van der Waals surface area contributed by atoms with Gasteiger partial charge in [0.1, 0.15) is 5.69 Å². The number of hydrogen-bond acceptors (Lipinski definition) is 2. The molecule has 0 aromatic carbocycles. The van der Waals surface area contributed by atoms with Crippen LogP contribution in [0.2, 0.25) is 0 Å². The van der Waals surface area contributed by atoms with Crippen molar-refractivity contribution in [2.24, 2.45) is 0 Å². The zero-order valence-corrected chi connectivity index (χ0v) is 11.9. The van der Waals surface area contributed by atoms with Crippen molar-refractivity contribution >= 4 is 21.8 Å². The van der Waals surface area contributed by atoms with E-state index in [9.17, 15) is 4.79 Å². The first-order valence-corrected chi connectivity index (χ1v) is 6.48. The van der Waals surface area contributed by atoms with Gasteiger partial charge in [0.25, 0.3) is 5.91 Å². The fraction of sp³-hybridized carbons (Fsp3) is 0.583. The van der Waals surface area contributed by atoms with E-state index in [1.807, 2.05) is 25.7 Å². The molecule has 17 heavy (non-hydrogen) atoms. The van der Waals surface area contributed by atoms with Gasteiger partial charge in [0.2, 0.25) is 0 Å². The van der Waals surface area contributed by atoms with Crippen molar-refractivity contribution in [2.45, 2.75) is 32.5 Å². The van der Waals surface area contributed by atoms with Crippen LogP contribution in [0.25, 0.3) is 0 Å². The number of rotatable bonds is 1. The second kappa shape index (κ2) is 4.46. The molecule has 4 nitrogen and oxygen atoms in total. The Morgan fingerprint density at radius 1 is 1.65 bits per heavy atom. The number of carbonyl (C=O) groups is 1. The third-order valence-electron chi connectivity index (χ3n) is 2.73. The fourth-order valence-corrected chi connectivity index (χ4v) is 2.61. The number of morpholine rings is 1. The summed E-state index contributed by atoms with van der Waals surface area (Å²) in [6.07, 6.45) is 1.84. The maximum atomic E-state index is 12.3. The van der Waals surface area contributed by atoms with Gasteiger partial charge in [-0.3, -0.25) is 4.79 Å². The molecule has 5 heteroatoms. The smallest absolute Gasteiger partial charge is 0.270 e. The number of aromatic amines is 1. The highest BCUT2D eigenvalue weighted by Crippen LogP contribution is 2.22. The molecule has 0 saturated carbocycles. The van der Waals surface area contributed by atoms with Gasteiger partial charge in [-0.1, -0.05) is 0 Å². The molecule has 1 atom stereocenters. The van der Waals surface area contributed by atoms with Gasteiger partial charge in [-0.2, -0.15) is 0 Å². The molecule has 1 amide bonds. The maximum absolute atomic E-state index is 12.3. The van der Waals surface area contributed by atoms with Crippen LogP contribution in [0, 0.1) is 0 Å². The lowest BCUT2D eigenvalue weighted by Crippen LogP contribution is -2.53. The Morgan fingerprint density at radius 2 is 2.35 bits per heavy atom. The second-order valence-electron chi connectivity index (χ2n) is 5.11. The standard InChI is InChI=1S/C12H17BrN2O2/c1-8-6-15(7-12(2,3)17-8)11(16)10-4-9(13)5-14-10/h4-5,8,14H,6-7H2,1-3H3/t8-/m1/s1. The predicted molar refractivity (Wildman–Crippen MR) is 69.0 cm³/mol. The van der Waals surface area contributed by atoms with Crippen molar-refractivity contribution in [1.82, 2.24) is 9.88 Å². The van der Waals surface area contributed by atoms with Gasteiger partial charge in [0, 0.05) is 23.8 Å². The van der Waals surface area contributed by atoms with Crippen LogP contribution in [-0.2, 0) is 4.74 Å². The van der Waals surface area contributed by atoms with Crippen LogP contribution in [0.4, 0.5) is 0 Å². The van der Waals surface area contributed by atoms with Crippen molar-refractivity contribution in [3.8, 4) is 0 Å². The van der Waals surface area contributed by atoms with E-state index in [1.54, 1.807) is 12.3 Å². The monoisotopic (exact) mass is 300 g/mol. The lowest BCUT2D eigenvalue weighted by Gasteiger charge is -2.41. The summed E-state index contributed by atoms with van der Waals surface area (Å²) in [5.41, 5.74) is 0.332. The molecule has 1 aliphatic heterocycles. The Morgan fingerprint density at radius 3 is 2.88 bits per heavy atom. The minimum Gasteiger partial charge on any atom is -0.369 e. The third-order valence-corrected chi connectivity index (χ3v) is 3.19. The normalized spacial score (nSPS) is 23.8. The van der Waals surface area contributed by atoms with E-state index in [2.05, 4.69) is 20.9 Å². The summed E-state index contributed by atoms with van der Waals surface area (Å²) in [4.78, 5) is 17.1. The summed E-state index contributed by atoms with van der Waals surface area (Å²) in [7, 11) is 0. The molecule has 1 N–H and O–H groups in total. The summed E-state index contributed by atoms with van der Waals surface area (Å²) in [6.45, 7) is 7.26. The van der Waals surface area contributed by atoms with E-state index in [1.165, 1.54) is 0 Å². The van der Waals surface area contributed by atoms with Gasteiger partial charge >= 0.3 is 0 Å². The maximum Gasteiger partial charge on any atom is 0.270 e. The molecular formula is C12H17BrN2O2. The van der Waals surface area contributed by atoms with Crippen LogP contribution in [0.15, 0.2) is 16.7 Å². The van der Waals surface area contributed by atoms with Crippen molar-refractivity contribution in [3.63, 3.8) is 0 Å². The zero-order chi connectivity index (χ0) is 12.6. The van der Waals surface area contributed by atoms with Gasteiger partial charge in [0.05, 0.1) is 11.7 Å². The zero-order valence-electron chi connectivity index (χ0n) is 10.3. The van der Waals surface area contributed by atoms with Crippen molar-refractivity contribution in [3.05, 3.63) is 22.4 Å². The molecule has 1 fully saturated rings. The van der Waals surface area contributed by atoms with E-state index in [0.717, 1.165) is 4.47 Å². The van der Waals surface area contributed by atoms with Gasteiger partial charge in [0.15, 0.2) is 0 Å². The minimum atomic E-state index is -0.281. The summed E-state index contributed by atoms with van der Waals surface area (Å²) in [5, 5.41) is 0. The largest absolute Gasteiger partial charge is 0.369 e. The molecular weight excluding hydrogens is 284 g/mol. The van der Waals surface area contributed by atoms with E-state index in [-0.39, 0.29) is 17.6 Å². The highest BCUT2D eigenvalue weighted by molar-refractivity contribution is 9.10. The average Bonchev–Trinajstić information content (AvgIpc) is 2.60. The Kier molecular flexibility index (Phi) is 3.32. The van der Waals surface area contributed by atoms with E-state index < -0.39 is 0 Å². The first-order valence-electron chi connectivity index (χ1n) is 5.68. The molecule has 1 aliphatic rings.